The Hall–Kier alpha value is -2.24. The molecule has 0 spiro atoms. The molecule has 30 heavy (non-hydrogen) atoms. The first-order chi connectivity index (χ1) is 14.4. The van der Waals surface area contributed by atoms with Gasteiger partial charge in [-0.05, 0) is 48.2 Å². The Labute approximate surface area is 178 Å². The van der Waals surface area contributed by atoms with Crippen LogP contribution in [0, 0.1) is 11.3 Å². The number of sulfonamides is 1. The van der Waals surface area contributed by atoms with Gasteiger partial charge in [0.05, 0.1) is 24.5 Å². The average molecular weight is 426 g/mol. The summed E-state index contributed by atoms with van der Waals surface area (Å²) >= 11 is 0. The lowest BCUT2D eigenvalue weighted by molar-refractivity contribution is -0.0553. The van der Waals surface area contributed by atoms with E-state index >= 15 is 0 Å². The predicted octanol–water partition coefficient (Wildman–Crippen LogP) is 2.41. The lowest BCUT2D eigenvalue weighted by Gasteiger charge is -2.57. The number of fused-ring (bicyclic) bond motifs is 1. The maximum Gasteiger partial charge on any atom is 0.211 e. The fourth-order valence-corrected chi connectivity index (χ4v) is 5.76. The molecule has 2 saturated heterocycles. The van der Waals surface area contributed by atoms with Crippen molar-refractivity contribution < 1.29 is 13.5 Å². The Kier molecular flexibility index (Phi) is 5.94. The molecule has 7 heteroatoms. The third kappa shape index (κ3) is 4.01. The standard InChI is InChI=1S/C23H27N3O3S/c1-30(28,29)25-11-2-3-12-26-21(15-25)23(22(26)16-27)19-9-7-18(8-10-19)20-6-4-5-17(13-20)14-24/h4-10,13,21-23,27H,2-3,11-12,15-16H2,1H3/t21-,22-,23-/m0/s1. The van der Waals surface area contributed by atoms with E-state index in [-0.39, 0.29) is 24.6 Å². The molecule has 2 aliphatic rings. The summed E-state index contributed by atoms with van der Waals surface area (Å²) in [5.74, 6) is 0.0943. The van der Waals surface area contributed by atoms with Crippen molar-refractivity contribution in [3.8, 4) is 17.2 Å². The number of nitrogens with zero attached hydrogens (tertiary/aromatic N) is 3. The lowest BCUT2D eigenvalue weighted by Crippen LogP contribution is -2.67. The van der Waals surface area contributed by atoms with Crippen LogP contribution in [0.1, 0.15) is 29.9 Å². The van der Waals surface area contributed by atoms with Crippen LogP contribution in [0.25, 0.3) is 11.1 Å². The van der Waals surface area contributed by atoms with Crippen molar-refractivity contribution in [3.05, 3.63) is 59.7 Å². The second-order valence-corrected chi connectivity index (χ2v) is 10.2. The van der Waals surface area contributed by atoms with Crippen LogP contribution < -0.4 is 0 Å². The highest BCUT2D eigenvalue weighted by Gasteiger charge is 2.49. The summed E-state index contributed by atoms with van der Waals surface area (Å²) in [6.07, 6.45) is 3.05. The molecule has 2 aromatic rings. The van der Waals surface area contributed by atoms with E-state index in [4.69, 9.17) is 5.26 Å². The van der Waals surface area contributed by atoms with E-state index in [1.807, 2.05) is 30.3 Å². The Morgan fingerprint density at radius 2 is 1.83 bits per heavy atom. The van der Waals surface area contributed by atoms with Crippen molar-refractivity contribution in [2.24, 2.45) is 0 Å². The molecule has 0 aromatic heterocycles. The molecule has 0 amide bonds. The molecular weight excluding hydrogens is 398 g/mol. The van der Waals surface area contributed by atoms with Crippen molar-refractivity contribution in [2.75, 3.05) is 32.5 Å². The van der Waals surface area contributed by atoms with E-state index in [2.05, 4.69) is 23.1 Å². The Balaban J connectivity index is 1.60. The highest BCUT2D eigenvalue weighted by Crippen LogP contribution is 2.42. The van der Waals surface area contributed by atoms with Crippen molar-refractivity contribution in [2.45, 2.75) is 30.8 Å². The largest absolute Gasteiger partial charge is 0.395 e. The molecule has 2 heterocycles. The molecule has 6 nitrogen and oxygen atoms in total. The summed E-state index contributed by atoms with van der Waals surface area (Å²) < 4.78 is 26.0. The van der Waals surface area contributed by atoms with E-state index in [0.717, 1.165) is 36.1 Å². The topological polar surface area (TPSA) is 84.6 Å². The van der Waals surface area contributed by atoms with E-state index in [1.165, 1.54) is 6.26 Å². The summed E-state index contributed by atoms with van der Waals surface area (Å²) in [6, 6.07) is 18.0. The minimum Gasteiger partial charge on any atom is -0.395 e. The number of aliphatic hydroxyl groups excluding tert-OH is 1. The molecule has 2 fully saturated rings. The van der Waals surface area contributed by atoms with Crippen LogP contribution in [0.5, 0.6) is 0 Å². The molecule has 2 aliphatic heterocycles. The van der Waals surface area contributed by atoms with E-state index in [9.17, 15) is 13.5 Å². The van der Waals surface area contributed by atoms with Crippen molar-refractivity contribution in [1.82, 2.24) is 9.21 Å². The summed E-state index contributed by atoms with van der Waals surface area (Å²) in [7, 11) is -3.25. The molecule has 0 radical (unpaired) electrons. The number of hydrogen-bond donors (Lipinski definition) is 1. The van der Waals surface area contributed by atoms with Gasteiger partial charge in [0.1, 0.15) is 0 Å². The zero-order valence-corrected chi connectivity index (χ0v) is 17.9. The van der Waals surface area contributed by atoms with Crippen LogP contribution in [-0.2, 0) is 10.0 Å². The fraction of sp³-hybridized carbons (Fsp3) is 0.435. The number of aliphatic hydroxyl groups is 1. The van der Waals surface area contributed by atoms with Gasteiger partial charge in [-0.25, -0.2) is 12.7 Å². The molecule has 0 saturated carbocycles. The summed E-state index contributed by atoms with van der Waals surface area (Å²) in [6.45, 7) is 1.98. The number of rotatable bonds is 4. The first-order valence-corrected chi connectivity index (χ1v) is 12.2. The van der Waals surface area contributed by atoms with Crippen LogP contribution in [0.2, 0.25) is 0 Å². The molecule has 158 valence electrons. The lowest BCUT2D eigenvalue weighted by atomic mass is 9.74. The minimum absolute atomic E-state index is 0.0160. The van der Waals surface area contributed by atoms with Crippen molar-refractivity contribution in [1.29, 1.82) is 5.26 Å². The van der Waals surface area contributed by atoms with Crippen LogP contribution in [0.15, 0.2) is 48.5 Å². The summed E-state index contributed by atoms with van der Waals surface area (Å²) in [5, 5.41) is 19.2. The fourth-order valence-electron chi connectivity index (χ4n) is 4.88. The van der Waals surface area contributed by atoms with Gasteiger partial charge in [-0.2, -0.15) is 5.26 Å². The van der Waals surface area contributed by atoms with Crippen LogP contribution in [-0.4, -0.2) is 67.3 Å². The van der Waals surface area contributed by atoms with Gasteiger partial charge in [0.2, 0.25) is 10.0 Å². The summed E-state index contributed by atoms with van der Waals surface area (Å²) in [4.78, 5) is 2.27. The van der Waals surface area contributed by atoms with Gasteiger partial charge in [0.15, 0.2) is 0 Å². The molecule has 0 unspecified atom stereocenters. The van der Waals surface area contributed by atoms with Gasteiger partial charge in [-0.1, -0.05) is 36.4 Å². The van der Waals surface area contributed by atoms with E-state index in [1.54, 1.807) is 10.4 Å². The normalized spacial score (nSPS) is 25.4. The van der Waals surface area contributed by atoms with Gasteiger partial charge in [-0.15, -0.1) is 0 Å². The highest BCUT2D eigenvalue weighted by molar-refractivity contribution is 7.88. The Morgan fingerprint density at radius 1 is 1.10 bits per heavy atom. The van der Waals surface area contributed by atoms with E-state index < -0.39 is 10.0 Å². The number of benzene rings is 2. The van der Waals surface area contributed by atoms with Crippen LogP contribution >= 0.6 is 0 Å². The van der Waals surface area contributed by atoms with Crippen LogP contribution in [0.3, 0.4) is 0 Å². The zero-order chi connectivity index (χ0) is 21.3. The second kappa shape index (κ2) is 8.48. The van der Waals surface area contributed by atoms with Gasteiger partial charge < -0.3 is 5.11 Å². The SMILES string of the molecule is CS(=O)(=O)N1CCCCN2[C@@H](CO)[C@@H](c3ccc(-c4cccc(C#N)c4)cc3)[C@@H]2C1. The molecule has 1 N–H and O–H groups in total. The number of nitriles is 1. The van der Waals surface area contributed by atoms with Crippen molar-refractivity contribution >= 4 is 10.0 Å². The third-order valence-corrected chi connectivity index (χ3v) is 7.69. The monoisotopic (exact) mass is 425 g/mol. The highest BCUT2D eigenvalue weighted by atomic mass is 32.2. The molecule has 0 aliphatic carbocycles. The van der Waals surface area contributed by atoms with Gasteiger partial charge in [0, 0.05) is 31.1 Å². The number of hydrogen-bond acceptors (Lipinski definition) is 5. The third-order valence-electron chi connectivity index (χ3n) is 6.42. The molecule has 3 atom stereocenters. The first-order valence-electron chi connectivity index (χ1n) is 10.3. The predicted molar refractivity (Wildman–Crippen MR) is 116 cm³/mol. The second-order valence-electron chi connectivity index (χ2n) is 8.22. The zero-order valence-electron chi connectivity index (χ0n) is 17.1. The first kappa shape index (κ1) is 21.0. The Bertz CT molecular complexity index is 1050. The van der Waals surface area contributed by atoms with Gasteiger partial charge >= 0.3 is 0 Å². The van der Waals surface area contributed by atoms with Gasteiger partial charge in [0.25, 0.3) is 0 Å². The van der Waals surface area contributed by atoms with Crippen molar-refractivity contribution in [3.63, 3.8) is 0 Å². The molecule has 4 rings (SSSR count). The molecule has 2 aromatic carbocycles. The molecular formula is C23H27N3O3S. The van der Waals surface area contributed by atoms with Gasteiger partial charge in [-0.3, -0.25) is 4.90 Å². The quantitative estimate of drug-likeness (QED) is 0.813. The Morgan fingerprint density at radius 3 is 2.50 bits per heavy atom. The smallest absolute Gasteiger partial charge is 0.211 e. The maximum absolute atomic E-state index is 12.2. The maximum atomic E-state index is 12.2. The minimum atomic E-state index is -3.25. The summed E-state index contributed by atoms with van der Waals surface area (Å²) in [5.41, 5.74) is 3.76. The van der Waals surface area contributed by atoms with E-state index in [0.29, 0.717) is 18.7 Å². The average Bonchev–Trinajstić information content (AvgIpc) is 2.72. The molecule has 0 bridgehead atoms. The van der Waals surface area contributed by atoms with Crippen LogP contribution in [0.4, 0.5) is 0 Å².